The molecule has 0 amide bonds. The first-order chi connectivity index (χ1) is 6.25. The van der Waals surface area contributed by atoms with E-state index in [9.17, 15) is 5.11 Å². The summed E-state index contributed by atoms with van der Waals surface area (Å²) in [7, 11) is 0. The normalized spacial score (nSPS) is 20.8. The van der Waals surface area contributed by atoms with E-state index in [0.29, 0.717) is 17.2 Å². The molecule has 1 unspecified atom stereocenters. The van der Waals surface area contributed by atoms with Crippen molar-refractivity contribution in [3.05, 3.63) is 18.2 Å². The number of nitrogens with two attached hydrogens (primary N) is 1. The third-order valence-corrected chi connectivity index (χ3v) is 1.83. The van der Waals surface area contributed by atoms with Gasteiger partial charge in [-0.2, -0.15) is 0 Å². The van der Waals surface area contributed by atoms with Crippen molar-refractivity contribution in [3.63, 3.8) is 0 Å². The second kappa shape index (κ2) is 3.14. The first kappa shape index (κ1) is 8.19. The number of anilines is 1. The molecule has 13 heavy (non-hydrogen) atoms. The van der Waals surface area contributed by atoms with Crippen LogP contribution in [0.3, 0.4) is 0 Å². The minimum Gasteiger partial charge on any atom is -0.487 e. The molecular weight excluding hydrogens is 170 g/mol. The average Bonchev–Trinajstić information content (AvgIpc) is 2.29. The van der Waals surface area contributed by atoms with Gasteiger partial charge >= 0.3 is 0 Å². The Bertz CT molecular complexity index is 314. The Morgan fingerprint density at radius 1 is 1.23 bits per heavy atom. The Kier molecular flexibility index (Phi) is 1.98. The van der Waals surface area contributed by atoms with E-state index < -0.39 is 6.10 Å². The van der Waals surface area contributed by atoms with Crippen molar-refractivity contribution >= 4 is 5.69 Å². The lowest BCUT2D eigenvalue weighted by Gasteiger charge is -2.06. The van der Waals surface area contributed by atoms with Gasteiger partial charge in [0, 0.05) is 11.8 Å². The summed E-state index contributed by atoms with van der Waals surface area (Å²) in [6.45, 7) is 0.507. The van der Waals surface area contributed by atoms with Gasteiger partial charge in [0.15, 0.2) is 11.5 Å². The molecule has 0 fully saturated rings. The summed E-state index contributed by atoms with van der Waals surface area (Å²) >= 11 is 0. The number of fused-ring (bicyclic) bond motifs is 1. The zero-order valence-electron chi connectivity index (χ0n) is 7.06. The Labute approximate surface area is 75.9 Å². The zero-order valence-corrected chi connectivity index (χ0v) is 7.06. The molecule has 0 radical (unpaired) electrons. The molecule has 3 N–H and O–H groups in total. The first-order valence-corrected chi connectivity index (χ1v) is 4.09. The topological polar surface area (TPSA) is 64.7 Å². The van der Waals surface area contributed by atoms with Crippen LogP contribution in [0.4, 0.5) is 5.69 Å². The second-order valence-electron chi connectivity index (χ2n) is 2.98. The summed E-state index contributed by atoms with van der Waals surface area (Å²) < 4.78 is 10.6. The molecule has 1 aliphatic rings. The van der Waals surface area contributed by atoms with Gasteiger partial charge in [-0.1, -0.05) is 0 Å². The lowest BCUT2D eigenvalue weighted by molar-refractivity contribution is 0.0802. The molecule has 1 aliphatic heterocycles. The van der Waals surface area contributed by atoms with Crippen molar-refractivity contribution in [2.75, 3.05) is 18.9 Å². The summed E-state index contributed by atoms with van der Waals surface area (Å²) in [4.78, 5) is 0. The van der Waals surface area contributed by atoms with Crippen LogP contribution in [0.1, 0.15) is 0 Å². The Balaban J connectivity index is 2.30. The van der Waals surface area contributed by atoms with Gasteiger partial charge in [-0.05, 0) is 12.1 Å². The van der Waals surface area contributed by atoms with Gasteiger partial charge in [0.1, 0.15) is 19.3 Å². The molecule has 0 saturated heterocycles. The molecular formula is C9H11NO3. The van der Waals surface area contributed by atoms with Crippen molar-refractivity contribution in [3.8, 4) is 11.5 Å². The zero-order chi connectivity index (χ0) is 9.26. The van der Waals surface area contributed by atoms with Gasteiger partial charge < -0.3 is 20.3 Å². The number of ether oxygens (including phenoxy) is 2. The number of aliphatic hydroxyl groups excluding tert-OH is 1. The first-order valence-electron chi connectivity index (χ1n) is 4.09. The van der Waals surface area contributed by atoms with Crippen molar-refractivity contribution in [1.82, 2.24) is 0 Å². The summed E-state index contributed by atoms with van der Waals surface area (Å²) in [6.07, 6.45) is -0.575. The van der Waals surface area contributed by atoms with E-state index >= 15 is 0 Å². The van der Waals surface area contributed by atoms with Gasteiger partial charge in [-0.3, -0.25) is 0 Å². The fraction of sp³-hybridized carbons (Fsp3) is 0.333. The highest BCUT2D eigenvalue weighted by Gasteiger charge is 2.15. The molecule has 0 spiro atoms. The highest BCUT2D eigenvalue weighted by molar-refractivity contribution is 5.52. The van der Waals surface area contributed by atoms with Crippen LogP contribution in [0.15, 0.2) is 18.2 Å². The minimum absolute atomic E-state index is 0.246. The highest BCUT2D eigenvalue weighted by atomic mass is 16.5. The molecule has 1 aromatic rings. The molecule has 0 aliphatic carbocycles. The van der Waals surface area contributed by atoms with Gasteiger partial charge in [0.05, 0.1) is 0 Å². The number of benzene rings is 1. The van der Waals surface area contributed by atoms with Gasteiger partial charge in [-0.15, -0.1) is 0 Å². The molecule has 0 aromatic heterocycles. The van der Waals surface area contributed by atoms with Crippen molar-refractivity contribution in [2.45, 2.75) is 6.10 Å². The number of nitrogen functional groups attached to an aromatic ring is 1. The van der Waals surface area contributed by atoms with Gasteiger partial charge in [-0.25, -0.2) is 0 Å². The van der Waals surface area contributed by atoms with E-state index in [0.717, 1.165) is 0 Å². The van der Waals surface area contributed by atoms with Crippen LogP contribution in [-0.4, -0.2) is 24.4 Å². The molecule has 0 bridgehead atoms. The predicted molar refractivity (Wildman–Crippen MR) is 47.9 cm³/mol. The summed E-state index contributed by atoms with van der Waals surface area (Å²) in [5.74, 6) is 1.22. The molecule has 0 saturated carbocycles. The maximum Gasteiger partial charge on any atom is 0.163 e. The summed E-state index contributed by atoms with van der Waals surface area (Å²) in [5, 5.41) is 9.25. The fourth-order valence-electron chi connectivity index (χ4n) is 1.18. The highest BCUT2D eigenvalue weighted by Crippen LogP contribution is 2.31. The van der Waals surface area contributed by atoms with Crippen LogP contribution in [0.2, 0.25) is 0 Å². The summed E-state index contributed by atoms with van der Waals surface area (Å²) in [5.41, 5.74) is 6.19. The van der Waals surface area contributed by atoms with Crippen molar-refractivity contribution < 1.29 is 14.6 Å². The molecule has 4 nitrogen and oxygen atoms in total. The molecule has 2 rings (SSSR count). The van der Waals surface area contributed by atoms with Crippen LogP contribution in [0.25, 0.3) is 0 Å². The monoisotopic (exact) mass is 181 g/mol. The largest absolute Gasteiger partial charge is 0.487 e. The van der Waals surface area contributed by atoms with E-state index in [-0.39, 0.29) is 13.2 Å². The van der Waals surface area contributed by atoms with Crippen LogP contribution in [0.5, 0.6) is 11.5 Å². The molecule has 70 valence electrons. The third kappa shape index (κ3) is 1.67. The third-order valence-electron chi connectivity index (χ3n) is 1.83. The van der Waals surface area contributed by atoms with Crippen molar-refractivity contribution in [2.24, 2.45) is 0 Å². The van der Waals surface area contributed by atoms with Gasteiger partial charge in [0.25, 0.3) is 0 Å². The fourth-order valence-corrected chi connectivity index (χ4v) is 1.18. The van der Waals surface area contributed by atoms with E-state index in [1.807, 2.05) is 0 Å². The van der Waals surface area contributed by atoms with E-state index in [1.54, 1.807) is 18.2 Å². The molecule has 1 heterocycles. The molecule has 4 heteroatoms. The molecule has 1 aromatic carbocycles. The maximum absolute atomic E-state index is 9.25. The van der Waals surface area contributed by atoms with E-state index in [2.05, 4.69) is 0 Å². The van der Waals surface area contributed by atoms with E-state index in [4.69, 9.17) is 15.2 Å². The van der Waals surface area contributed by atoms with Crippen LogP contribution >= 0.6 is 0 Å². The number of hydrogen-bond donors (Lipinski definition) is 2. The quantitative estimate of drug-likeness (QED) is 0.569. The smallest absolute Gasteiger partial charge is 0.163 e. The number of hydrogen-bond acceptors (Lipinski definition) is 4. The van der Waals surface area contributed by atoms with Crippen molar-refractivity contribution in [1.29, 1.82) is 0 Å². The Hall–Kier alpha value is -1.42. The van der Waals surface area contributed by atoms with Crippen LogP contribution in [-0.2, 0) is 0 Å². The van der Waals surface area contributed by atoms with Crippen LogP contribution < -0.4 is 15.2 Å². The lowest BCUT2D eigenvalue weighted by atomic mass is 10.3. The molecule has 1 atom stereocenters. The standard InChI is InChI=1S/C9H11NO3/c10-6-1-2-8-9(3-6)13-5-7(11)4-12-8/h1-3,7,11H,4-5,10H2. The van der Waals surface area contributed by atoms with E-state index in [1.165, 1.54) is 0 Å². The second-order valence-corrected chi connectivity index (χ2v) is 2.98. The SMILES string of the molecule is Nc1ccc2c(c1)OCC(O)CO2. The Morgan fingerprint density at radius 3 is 2.69 bits per heavy atom. The number of rotatable bonds is 0. The number of aliphatic hydroxyl groups is 1. The summed E-state index contributed by atoms with van der Waals surface area (Å²) in [6, 6.07) is 5.16. The predicted octanol–water partition coefficient (Wildman–Crippen LogP) is 0.401. The minimum atomic E-state index is -0.575. The lowest BCUT2D eigenvalue weighted by Crippen LogP contribution is -2.21. The Morgan fingerprint density at radius 2 is 1.92 bits per heavy atom. The average molecular weight is 181 g/mol. The van der Waals surface area contributed by atoms with Crippen LogP contribution in [0, 0.1) is 0 Å². The maximum atomic E-state index is 9.25. The van der Waals surface area contributed by atoms with Gasteiger partial charge in [0.2, 0.25) is 0 Å².